The number of likely N-dealkylation sites (N-methyl/N-ethyl adjacent to an activating group) is 1. The molecule has 2 unspecified atom stereocenters. The van der Waals surface area contributed by atoms with Gasteiger partial charge in [0, 0.05) is 24.8 Å². The van der Waals surface area contributed by atoms with Crippen molar-refractivity contribution < 1.29 is 0 Å². The average Bonchev–Trinajstić information content (AvgIpc) is 3.09. The first-order valence-electron chi connectivity index (χ1n) is 6.62. The van der Waals surface area contributed by atoms with E-state index in [4.69, 9.17) is 5.73 Å². The van der Waals surface area contributed by atoms with Gasteiger partial charge in [-0.1, -0.05) is 6.92 Å². The van der Waals surface area contributed by atoms with Crippen LogP contribution in [0.5, 0.6) is 0 Å². The molecule has 1 aliphatic carbocycles. The summed E-state index contributed by atoms with van der Waals surface area (Å²) < 4.78 is 2.32. The van der Waals surface area contributed by atoms with Crippen molar-refractivity contribution in [2.75, 3.05) is 13.6 Å². The maximum atomic E-state index is 5.96. The Morgan fingerprint density at radius 2 is 2.29 bits per heavy atom. The van der Waals surface area contributed by atoms with E-state index in [1.807, 2.05) is 12.5 Å². The lowest BCUT2D eigenvalue weighted by Crippen LogP contribution is -2.37. The topological polar surface area (TPSA) is 47.1 Å². The number of rotatable bonds is 6. The summed E-state index contributed by atoms with van der Waals surface area (Å²) in [7, 11) is 2.16. The van der Waals surface area contributed by atoms with Gasteiger partial charge in [-0.3, -0.25) is 4.90 Å². The molecule has 4 nitrogen and oxygen atoms in total. The fourth-order valence-electron chi connectivity index (χ4n) is 2.32. The van der Waals surface area contributed by atoms with Gasteiger partial charge in [0.2, 0.25) is 0 Å². The summed E-state index contributed by atoms with van der Waals surface area (Å²) in [6.07, 6.45) is 7.65. The Morgan fingerprint density at radius 1 is 1.59 bits per heavy atom. The van der Waals surface area contributed by atoms with Crippen molar-refractivity contribution in [2.45, 2.75) is 51.2 Å². The number of nitrogens with two attached hydrogens (primary N) is 1. The highest BCUT2D eigenvalue weighted by Crippen LogP contribution is 2.37. The van der Waals surface area contributed by atoms with Crippen molar-refractivity contribution in [3.05, 3.63) is 18.2 Å². The Morgan fingerprint density at radius 3 is 2.82 bits per heavy atom. The second kappa shape index (κ2) is 5.19. The predicted octanol–water partition coefficient (Wildman–Crippen LogP) is 1.95. The molecule has 0 saturated heterocycles. The normalized spacial score (nSPS) is 19.6. The first-order chi connectivity index (χ1) is 8.19. The first-order valence-corrected chi connectivity index (χ1v) is 6.62. The van der Waals surface area contributed by atoms with Gasteiger partial charge in [-0.15, -0.1) is 0 Å². The lowest BCUT2D eigenvalue weighted by molar-refractivity contribution is 0.178. The van der Waals surface area contributed by atoms with Gasteiger partial charge < -0.3 is 10.3 Å². The fraction of sp³-hybridized carbons (Fsp3) is 0.769. The Bertz CT molecular complexity index is 356. The number of imidazole rings is 1. The molecule has 0 amide bonds. The minimum absolute atomic E-state index is 0.285. The summed E-state index contributed by atoms with van der Waals surface area (Å²) in [5, 5.41) is 0. The van der Waals surface area contributed by atoms with Crippen LogP contribution in [0.15, 0.2) is 12.5 Å². The van der Waals surface area contributed by atoms with Crippen LogP contribution in [-0.4, -0.2) is 34.1 Å². The molecule has 0 radical (unpaired) electrons. The van der Waals surface area contributed by atoms with Crippen molar-refractivity contribution >= 4 is 0 Å². The molecule has 0 bridgehead atoms. The largest absolute Gasteiger partial charge is 0.330 e. The van der Waals surface area contributed by atoms with Crippen LogP contribution in [0.25, 0.3) is 0 Å². The van der Waals surface area contributed by atoms with Crippen molar-refractivity contribution in [3.8, 4) is 0 Å². The van der Waals surface area contributed by atoms with Crippen molar-refractivity contribution in [3.63, 3.8) is 0 Å². The highest BCUT2D eigenvalue weighted by atomic mass is 15.2. The zero-order chi connectivity index (χ0) is 12.4. The van der Waals surface area contributed by atoms with Gasteiger partial charge >= 0.3 is 0 Å². The third kappa shape index (κ3) is 2.53. The summed E-state index contributed by atoms with van der Waals surface area (Å²) in [6.45, 7) is 5.12. The van der Waals surface area contributed by atoms with Crippen LogP contribution in [0.3, 0.4) is 0 Å². The molecule has 1 aliphatic rings. The molecule has 1 fully saturated rings. The summed E-state index contributed by atoms with van der Waals surface area (Å²) in [5.74, 6) is 0. The SMILES string of the molecule is CCC(C)N(C)C(CN)c1cncn1C1CC1. The Labute approximate surface area is 104 Å². The van der Waals surface area contributed by atoms with Crippen molar-refractivity contribution in [1.29, 1.82) is 0 Å². The molecule has 0 aliphatic heterocycles. The molecule has 2 atom stereocenters. The van der Waals surface area contributed by atoms with Crippen LogP contribution >= 0.6 is 0 Å². The van der Waals surface area contributed by atoms with Gasteiger partial charge in [0.15, 0.2) is 0 Å². The first kappa shape index (κ1) is 12.6. The van der Waals surface area contributed by atoms with Gasteiger partial charge in [-0.25, -0.2) is 4.98 Å². The number of nitrogens with zero attached hydrogens (tertiary/aromatic N) is 3. The minimum Gasteiger partial charge on any atom is -0.330 e. The highest BCUT2D eigenvalue weighted by Gasteiger charge is 2.29. The number of hydrogen-bond acceptors (Lipinski definition) is 3. The summed E-state index contributed by atoms with van der Waals surface area (Å²) in [6, 6.07) is 1.51. The molecule has 1 aromatic rings. The minimum atomic E-state index is 0.285. The smallest absolute Gasteiger partial charge is 0.0951 e. The zero-order valence-electron chi connectivity index (χ0n) is 11.1. The number of aromatic nitrogens is 2. The third-order valence-corrected chi connectivity index (χ3v) is 3.98. The molecule has 0 aromatic carbocycles. The van der Waals surface area contributed by atoms with Crippen LogP contribution in [0.1, 0.15) is 50.9 Å². The average molecular weight is 236 g/mol. The molecule has 1 saturated carbocycles. The van der Waals surface area contributed by atoms with Crippen LogP contribution in [-0.2, 0) is 0 Å². The Kier molecular flexibility index (Phi) is 3.84. The second-order valence-corrected chi connectivity index (χ2v) is 5.13. The van der Waals surface area contributed by atoms with E-state index in [1.165, 1.54) is 18.5 Å². The standard InChI is InChI=1S/C13H24N4/c1-4-10(2)16(3)12(7-14)13-8-15-9-17(13)11-5-6-11/h8-12H,4-7,14H2,1-3H3. The molecule has 0 spiro atoms. The molecule has 2 rings (SSSR count). The molecular formula is C13H24N4. The fourth-order valence-corrected chi connectivity index (χ4v) is 2.32. The monoisotopic (exact) mass is 236 g/mol. The quantitative estimate of drug-likeness (QED) is 0.821. The molecule has 4 heteroatoms. The van der Waals surface area contributed by atoms with E-state index in [1.54, 1.807) is 0 Å². The lowest BCUT2D eigenvalue weighted by Gasteiger charge is -2.32. The van der Waals surface area contributed by atoms with E-state index in [9.17, 15) is 0 Å². The molecule has 1 heterocycles. The van der Waals surface area contributed by atoms with Gasteiger partial charge in [0.25, 0.3) is 0 Å². The Balaban J connectivity index is 2.19. The highest BCUT2D eigenvalue weighted by molar-refractivity contribution is 5.10. The van der Waals surface area contributed by atoms with Crippen molar-refractivity contribution in [2.24, 2.45) is 5.73 Å². The van der Waals surface area contributed by atoms with Crippen LogP contribution < -0.4 is 5.73 Å². The molecule has 17 heavy (non-hydrogen) atoms. The van der Waals surface area contributed by atoms with Gasteiger partial charge in [0.05, 0.1) is 18.1 Å². The number of hydrogen-bond donors (Lipinski definition) is 1. The van der Waals surface area contributed by atoms with Gasteiger partial charge in [0.1, 0.15) is 0 Å². The van der Waals surface area contributed by atoms with E-state index in [-0.39, 0.29) is 6.04 Å². The van der Waals surface area contributed by atoms with E-state index < -0.39 is 0 Å². The van der Waals surface area contributed by atoms with E-state index in [0.29, 0.717) is 18.6 Å². The third-order valence-electron chi connectivity index (χ3n) is 3.98. The molecule has 1 aromatic heterocycles. The van der Waals surface area contributed by atoms with E-state index in [2.05, 4.69) is 35.3 Å². The van der Waals surface area contributed by atoms with Crippen LogP contribution in [0.2, 0.25) is 0 Å². The van der Waals surface area contributed by atoms with Crippen LogP contribution in [0.4, 0.5) is 0 Å². The maximum Gasteiger partial charge on any atom is 0.0951 e. The second-order valence-electron chi connectivity index (χ2n) is 5.13. The summed E-state index contributed by atoms with van der Waals surface area (Å²) >= 11 is 0. The molecule has 2 N–H and O–H groups in total. The van der Waals surface area contributed by atoms with Gasteiger partial charge in [-0.05, 0) is 33.2 Å². The van der Waals surface area contributed by atoms with E-state index >= 15 is 0 Å². The van der Waals surface area contributed by atoms with Gasteiger partial charge in [-0.2, -0.15) is 0 Å². The zero-order valence-corrected chi connectivity index (χ0v) is 11.1. The van der Waals surface area contributed by atoms with Crippen molar-refractivity contribution in [1.82, 2.24) is 14.5 Å². The maximum absolute atomic E-state index is 5.96. The molecular weight excluding hydrogens is 212 g/mol. The van der Waals surface area contributed by atoms with Crippen LogP contribution in [0, 0.1) is 0 Å². The summed E-state index contributed by atoms with van der Waals surface area (Å²) in [5.41, 5.74) is 7.24. The summed E-state index contributed by atoms with van der Waals surface area (Å²) in [4.78, 5) is 6.67. The lowest BCUT2D eigenvalue weighted by atomic mass is 10.1. The van der Waals surface area contributed by atoms with E-state index in [0.717, 1.165) is 6.42 Å². The predicted molar refractivity (Wildman–Crippen MR) is 69.8 cm³/mol. The molecule has 96 valence electrons. The Hall–Kier alpha value is -0.870.